The van der Waals surface area contributed by atoms with E-state index in [2.05, 4.69) is 4.98 Å². The highest BCUT2D eigenvalue weighted by Crippen LogP contribution is 2.33. The number of piperidine rings is 1. The zero-order valence-electron chi connectivity index (χ0n) is 17.3. The Morgan fingerprint density at radius 3 is 2.70 bits per heavy atom. The van der Waals surface area contributed by atoms with Gasteiger partial charge in [-0.05, 0) is 30.7 Å². The Labute approximate surface area is 176 Å². The molecular weight excluding hydrogens is 382 g/mol. The van der Waals surface area contributed by atoms with Gasteiger partial charge in [-0.25, -0.2) is 4.79 Å². The average molecular weight is 409 g/mol. The molecule has 0 bridgehead atoms. The maximum atomic E-state index is 12.8. The number of pyridine rings is 1. The predicted octanol–water partition coefficient (Wildman–Crippen LogP) is 3.15. The van der Waals surface area contributed by atoms with Gasteiger partial charge < -0.3 is 19.3 Å². The van der Waals surface area contributed by atoms with E-state index in [0.29, 0.717) is 51.2 Å². The number of rotatable bonds is 6. The van der Waals surface area contributed by atoms with Gasteiger partial charge in [-0.15, -0.1) is 0 Å². The molecule has 2 aliphatic rings. The van der Waals surface area contributed by atoms with E-state index in [1.54, 1.807) is 17.2 Å². The van der Waals surface area contributed by atoms with Gasteiger partial charge in [0.15, 0.2) is 0 Å². The highest BCUT2D eigenvalue weighted by Gasteiger charge is 2.47. The molecule has 2 aliphatic heterocycles. The van der Waals surface area contributed by atoms with Crippen LogP contribution in [0.3, 0.4) is 0 Å². The predicted molar refractivity (Wildman–Crippen MR) is 111 cm³/mol. The Kier molecular flexibility index (Phi) is 5.88. The van der Waals surface area contributed by atoms with Crippen molar-refractivity contribution in [2.75, 3.05) is 32.8 Å². The fraction of sp³-hybridized carbons (Fsp3) is 0.435. The smallest absolute Gasteiger partial charge is 0.410 e. The number of aromatic nitrogens is 1. The second kappa shape index (κ2) is 8.73. The minimum absolute atomic E-state index is 0.0133. The van der Waals surface area contributed by atoms with Crippen LogP contribution in [0.1, 0.15) is 35.8 Å². The third-order valence-electron chi connectivity index (χ3n) is 5.80. The van der Waals surface area contributed by atoms with Crippen LogP contribution in [0.25, 0.3) is 0 Å². The third kappa shape index (κ3) is 4.40. The third-order valence-corrected chi connectivity index (χ3v) is 5.80. The lowest BCUT2D eigenvalue weighted by atomic mass is 9.91. The Morgan fingerprint density at radius 1 is 1.20 bits per heavy atom. The molecule has 1 aromatic heterocycles. The number of carbonyl (C=O) groups excluding carboxylic acids is 2. The van der Waals surface area contributed by atoms with Gasteiger partial charge in [0.1, 0.15) is 18.0 Å². The summed E-state index contributed by atoms with van der Waals surface area (Å²) in [7, 11) is 0. The van der Waals surface area contributed by atoms with Crippen molar-refractivity contribution >= 4 is 12.0 Å². The van der Waals surface area contributed by atoms with Gasteiger partial charge in [0, 0.05) is 43.4 Å². The fourth-order valence-electron chi connectivity index (χ4n) is 4.02. The molecule has 30 heavy (non-hydrogen) atoms. The van der Waals surface area contributed by atoms with E-state index in [4.69, 9.17) is 9.47 Å². The number of benzene rings is 1. The molecule has 3 heterocycles. The minimum Gasteiger partial charge on any atom is -0.492 e. The van der Waals surface area contributed by atoms with Crippen LogP contribution in [-0.2, 0) is 11.2 Å². The van der Waals surface area contributed by atoms with Gasteiger partial charge in [0.2, 0.25) is 0 Å². The molecule has 0 radical (unpaired) electrons. The first kappa shape index (κ1) is 20.2. The Morgan fingerprint density at radius 2 is 1.97 bits per heavy atom. The van der Waals surface area contributed by atoms with E-state index in [-0.39, 0.29) is 12.0 Å². The van der Waals surface area contributed by atoms with Crippen molar-refractivity contribution in [3.63, 3.8) is 0 Å². The van der Waals surface area contributed by atoms with Gasteiger partial charge >= 0.3 is 6.09 Å². The van der Waals surface area contributed by atoms with E-state index in [1.807, 2.05) is 48.2 Å². The average Bonchev–Trinajstić information content (AvgIpc) is 3.09. The summed E-state index contributed by atoms with van der Waals surface area (Å²) in [4.78, 5) is 33.0. The maximum Gasteiger partial charge on any atom is 0.410 e. The maximum absolute atomic E-state index is 12.8. The summed E-state index contributed by atoms with van der Waals surface area (Å²) < 4.78 is 11.5. The molecule has 2 fully saturated rings. The summed E-state index contributed by atoms with van der Waals surface area (Å²) in [5.41, 5.74) is 1.07. The number of amides is 2. The topological polar surface area (TPSA) is 72.0 Å². The molecule has 4 rings (SSSR count). The molecule has 0 saturated carbocycles. The van der Waals surface area contributed by atoms with E-state index in [9.17, 15) is 9.59 Å². The number of carbonyl (C=O) groups is 2. The van der Waals surface area contributed by atoms with Crippen molar-refractivity contribution in [1.82, 2.24) is 14.8 Å². The van der Waals surface area contributed by atoms with Crippen LogP contribution in [-0.4, -0.2) is 65.2 Å². The quantitative estimate of drug-likeness (QED) is 0.733. The largest absolute Gasteiger partial charge is 0.492 e. The van der Waals surface area contributed by atoms with Crippen LogP contribution in [0.15, 0.2) is 48.7 Å². The molecule has 2 saturated heterocycles. The Bertz CT molecular complexity index is 894. The number of nitrogens with zero attached hydrogens (tertiary/aromatic N) is 3. The second-order valence-corrected chi connectivity index (χ2v) is 7.82. The molecule has 1 spiro atoms. The summed E-state index contributed by atoms with van der Waals surface area (Å²) in [6.07, 6.45) is 3.47. The molecule has 7 heteroatoms. The van der Waals surface area contributed by atoms with Crippen LogP contribution < -0.4 is 4.74 Å². The standard InChI is InChI=1S/C23H27N3O4/c1-2-19-16-18(8-11-24-19)21(27)25-12-9-23(10-13-25)17-26(22(28)30-23)14-15-29-20-6-4-3-5-7-20/h3-8,11,16H,2,9-10,12-15,17H2,1H3. The number of likely N-dealkylation sites (tertiary alicyclic amines) is 1. The number of ether oxygens (including phenoxy) is 2. The molecule has 0 N–H and O–H groups in total. The van der Waals surface area contributed by atoms with Crippen molar-refractivity contribution in [3.05, 3.63) is 59.9 Å². The monoisotopic (exact) mass is 409 g/mol. The van der Waals surface area contributed by atoms with Gasteiger partial charge in [-0.2, -0.15) is 0 Å². The molecule has 0 atom stereocenters. The zero-order chi connectivity index (χ0) is 21.0. The van der Waals surface area contributed by atoms with Crippen molar-refractivity contribution in [3.8, 4) is 5.75 Å². The lowest BCUT2D eigenvalue weighted by molar-refractivity contribution is 0.00312. The van der Waals surface area contributed by atoms with Crippen LogP contribution >= 0.6 is 0 Å². The fourth-order valence-corrected chi connectivity index (χ4v) is 4.02. The van der Waals surface area contributed by atoms with E-state index in [0.717, 1.165) is 17.9 Å². The second-order valence-electron chi connectivity index (χ2n) is 7.82. The van der Waals surface area contributed by atoms with Crippen molar-refractivity contribution < 1.29 is 19.1 Å². The van der Waals surface area contributed by atoms with Crippen LogP contribution in [0.2, 0.25) is 0 Å². The molecule has 0 unspecified atom stereocenters. The minimum atomic E-state index is -0.507. The Balaban J connectivity index is 1.29. The SMILES string of the molecule is CCc1cc(C(=O)N2CCC3(CC2)CN(CCOc2ccccc2)C(=O)O3)ccn1. The molecule has 1 aromatic carbocycles. The molecule has 2 aromatic rings. The van der Waals surface area contributed by atoms with E-state index >= 15 is 0 Å². The van der Waals surface area contributed by atoms with Gasteiger partial charge in [0.05, 0.1) is 13.1 Å². The van der Waals surface area contributed by atoms with Crippen molar-refractivity contribution in [1.29, 1.82) is 0 Å². The number of hydrogen-bond donors (Lipinski definition) is 0. The summed E-state index contributed by atoms with van der Waals surface area (Å²) in [6, 6.07) is 13.2. The summed E-state index contributed by atoms with van der Waals surface area (Å²) in [5.74, 6) is 0.799. The highest BCUT2D eigenvalue weighted by molar-refractivity contribution is 5.94. The first-order valence-corrected chi connectivity index (χ1v) is 10.5. The first-order chi connectivity index (χ1) is 14.6. The molecule has 0 aliphatic carbocycles. The molecular formula is C23H27N3O4. The van der Waals surface area contributed by atoms with Gasteiger partial charge in [-0.1, -0.05) is 25.1 Å². The van der Waals surface area contributed by atoms with Gasteiger partial charge in [-0.3, -0.25) is 9.78 Å². The Hall–Kier alpha value is -3.09. The van der Waals surface area contributed by atoms with Crippen LogP contribution in [0.4, 0.5) is 4.79 Å². The highest BCUT2D eigenvalue weighted by atomic mass is 16.6. The van der Waals surface area contributed by atoms with E-state index < -0.39 is 5.60 Å². The lowest BCUT2D eigenvalue weighted by Gasteiger charge is -2.37. The van der Waals surface area contributed by atoms with Crippen LogP contribution in [0, 0.1) is 0 Å². The number of para-hydroxylation sites is 1. The van der Waals surface area contributed by atoms with Gasteiger partial charge in [0.25, 0.3) is 5.91 Å². The van der Waals surface area contributed by atoms with Crippen molar-refractivity contribution in [2.45, 2.75) is 31.8 Å². The number of hydrogen-bond acceptors (Lipinski definition) is 5. The first-order valence-electron chi connectivity index (χ1n) is 10.5. The molecule has 2 amide bonds. The molecule has 7 nitrogen and oxygen atoms in total. The van der Waals surface area contributed by atoms with Crippen LogP contribution in [0.5, 0.6) is 5.75 Å². The summed E-state index contributed by atoms with van der Waals surface area (Å²) in [6.45, 7) is 4.61. The summed E-state index contributed by atoms with van der Waals surface area (Å²) in [5, 5.41) is 0. The van der Waals surface area contributed by atoms with Crippen molar-refractivity contribution in [2.24, 2.45) is 0 Å². The normalized spacial score (nSPS) is 17.8. The number of aryl methyl sites for hydroxylation is 1. The zero-order valence-corrected chi connectivity index (χ0v) is 17.3. The molecule has 158 valence electrons. The lowest BCUT2D eigenvalue weighted by Crippen LogP contribution is -2.48. The summed E-state index contributed by atoms with van der Waals surface area (Å²) >= 11 is 0. The van der Waals surface area contributed by atoms with E-state index in [1.165, 1.54) is 0 Å².